The Kier molecular flexibility index (Phi) is 6.05. The summed E-state index contributed by atoms with van der Waals surface area (Å²) < 4.78 is 14.9. The molecule has 0 aliphatic heterocycles. The lowest BCUT2D eigenvalue weighted by Gasteiger charge is -2.10. The Balaban J connectivity index is 1.01. The number of hydrogen-bond donors (Lipinski definition) is 0. The number of aromatic nitrogens is 3. The number of furan rings is 2. The van der Waals surface area contributed by atoms with Crippen molar-refractivity contribution in [3.05, 3.63) is 152 Å². The minimum atomic E-state index is 0.634. The summed E-state index contributed by atoms with van der Waals surface area (Å²) >= 11 is 1.78. The quantitative estimate of drug-likeness (QED) is 0.186. The Morgan fingerprint density at radius 1 is 0.353 bits per heavy atom. The second kappa shape index (κ2) is 10.9. The molecule has 238 valence electrons. The van der Waals surface area contributed by atoms with Gasteiger partial charge >= 0.3 is 0 Å². The average Bonchev–Trinajstić information content (AvgIpc) is 3.87. The fourth-order valence-electron chi connectivity index (χ4n) is 7.25. The molecule has 0 unspecified atom stereocenters. The van der Waals surface area contributed by atoms with Gasteiger partial charge in [-0.1, -0.05) is 109 Å². The second-order valence-corrected chi connectivity index (χ2v) is 13.8. The minimum absolute atomic E-state index is 0.634. The minimum Gasteiger partial charge on any atom is -0.456 e. The van der Waals surface area contributed by atoms with Crippen LogP contribution in [0, 0.1) is 0 Å². The number of nitrogens with zero attached hydrogens (tertiary/aromatic N) is 3. The van der Waals surface area contributed by atoms with E-state index < -0.39 is 0 Å². The fraction of sp³-hybridized carbons (Fsp3) is 0. The summed E-state index contributed by atoms with van der Waals surface area (Å²) in [7, 11) is 0. The van der Waals surface area contributed by atoms with Crippen LogP contribution in [0.4, 0.5) is 0 Å². The number of benzene rings is 7. The second-order valence-electron chi connectivity index (χ2n) is 12.8. The lowest BCUT2D eigenvalue weighted by Crippen LogP contribution is -2.00. The van der Waals surface area contributed by atoms with Gasteiger partial charge in [-0.2, -0.15) is 0 Å². The SMILES string of the molecule is c1ccc(-c2nc(-c3ccc(-c4ccc5oc6cc7c(cc6c5c4)oc4ccccc47)cc3)nc(-c3cccc4c3sc3ccccc34)n2)cc1. The van der Waals surface area contributed by atoms with E-state index in [1.807, 2.05) is 48.5 Å². The Morgan fingerprint density at radius 3 is 1.73 bits per heavy atom. The number of rotatable bonds is 4. The molecule has 0 atom stereocenters. The van der Waals surface area contributed by atoms with E-state index in [1.54, 1.807) is 11.3 Å². The molecule has 5 nitrogen and oxygen atoms in total. The van der Waals surface area contributed by atoms with Crippen molar-refractivity contribution in [3.63, 3.8) is 0 Å². The van der Waals surface area contributed by atoms with Crippen LogP contribution in [-0.4, -0.2) is 15.0 Å². The van der Waals surface area contributed by atoms with Crippen molar-refractivity contribution in [1.29, 1.82) is 0 Å². The third-order valence-electron chi connectivity index (χ3n) is 9.76. The lowest BCUT2D eigenvalue weighted by molar-refractivity contribution is 0.664. The Bertz CT molecular complexity index is 3140. The smallest absolute Gasteiger partial charge is 0.165 e. The van der Waals surface area contributed by atoms with Crippen LogP contribution < -0.4 is 0 Å². The van der Waals surface area contributed by atoms with Crippen LogP contribution >= 0.6 is 11.3 Å². The molecule has 7 aromatic carbocycles. The van der Waals surface area contributed by atoms with E-state index in [9.17, 15) is 0 Å². The Labute approximate surface area is 295 Å². The highest BCUT2D eigenvalue weighted by atomic mass is 32.1. The van der Waals surface area contributed by atoms with Gasteiger partial charge in [0.05, 0.1) is 0 Å². The zero-order valence-corrected chi connectivity index (χ0v) is 27.8. The van der Waals surface area contributed by atoms with Gasteiger partial charge < -0.3 is 8.83 Å². The molecule has 0 amide bonds. The van der Waals surface area contributed by atoms with Gasteiger partial charge in [-0.3, -0.25) is 0 Å². The molecular formula is C45H25N3O2S. The third kappa shape index (κ3) is 4.50. The highest BCUT2D eigenvalue weighted by Gasteiger charge is 2.18. The topological polar surface area (TPSA) is 65.0 Å². The van der Waals surface area contributed by atoms with E-state index in [0.29, 0.717) is 17.5 Å². The lowest BCUT2D eigenvalue weighted by atomic mass is 10.0. The molecule has 0 aliphatic carbocycles. The maximum Gasteiger partial charge on any atom is 0.165 e. The molecule has 0 aliphatic rings. The number of para-hydroxylation sites is 1. The third-order valence-corrected chi connectivity index (χ3v) is 11.0. The summed E-state index contributed by atoms with van der Waals surface area (Å²) in [5.41, 5.74) is 8.50. The molecule has 11 aromatic rings. The van der Waals surface area contributed by atoms with Crippen LogP contribution in [0.15, 0.2) is 160 Å². The molecule has 4 aromatic heterocycles. The van der Waals surface area contributed by atoms with Gasteiger partial charge in [0.1, 0.15) is 22.3 Å². The molecule has 0 saturated heterocycles. The highest BCUT2D eigenvalue weighted by molar-refractivity contribution is 7.26. The molecule has 0 fully saturated rings. The first kappa shape index (κ1) is 28.2. The monoisotopic (exact) mass is 671 g/mol. The molecule has 0 bridgehead atoms. The van der Waals surface area contributed by atoms with Gasteiger partial charge in [-0.05, 0) is 53.6 Å². The van der Waals surface area contributed by atoms with Crippen molar-refractivity contribution >= 4 is 75.4 Å². The van der Waals surface area contributed by atoms with Gasteiger partial charge in [0.2, 0.25) is 0 Å². The first-order valence-corrected chi connectivity index (χ1v) is 17.7. The number of thiophene rings is 1. The molecule has 11 rings (SSSR count). The van der Waals surface area contributed by atoms with Gasteiger partial charge in [0, 0.05) is 58.4 Å². The van der Waals surface area contributed by atoms with E-state index in [1.165, 1.54) is 20.2 Å². The van der Waals surface area contributed by atoms with Crippen LogP contribution in [0.3, 0.4) is 0 Å². The van der Waals surface area contributed by atoms with Crippen molar-refractivity contribution in [2.45, 2.75) is 0 Å². The maximum atomic E-state index is 6.32. The zero-order chi connectivity index (χ0) is 33.5. The van der Waals surface area contributed by atoms with Crippen molar-refractivity contribution < 1.29 is 8.83 Å². The standard InChI is InChI=1S/C45H25N3O2S/c1-2-9-27(10-3-1)43-46-44(48-45(47-43)33-14-8-13-32-31-12-5-7-16-41(31)51-42(32)33)28-19-17-26(18-20-28)29-21-22-38-34(23-29)36-25-39-35(24-40(36)50-38)30-11-4-6-15-37(30)49-39/h1-25H. The van der Waals surface area contributed by atoms with Gasteiger partial charge in [0.15, 0.2) is 17.5 Å². The van der Waals surface area contributed by atoms with Crippen LogP contribution in [0.25, 0.3) is 109 Å². The summed E-state index contributed by atoms with van der Waals surface area (Å²) in [6.07, 6.45) is 0. The van der Waals surface area contributed by atoms with Gasteiger partial charge in [0.25, 0.3) is 0 Å². The molecule has 0 saturated carbocycles. The van der Waals surface area contributed by atoms with E-state index in [4.69, 9.17) is 23.8 Å². The van der Waals surface area contributed by atoms with Crippen molar-refractivity contribution in [2.24, 2.45) is 0 Å². The van der Waals surface area contributed by atoms with Crippen molar-refractivity contribution in [3.8, 4) is 45.3 Å². The van der Waals surface area contributed by atoms with Gasteiger partial charge in [-0.25, -0.2) is 15.0 Å². The normalized spacial score (nSPS) is 11.9. The van der Waals surface area contributed by atoms with E-state index >= 15 is 0 Å². The van der Waals surface area contributed by atoms with E-state index in [-0.39, 0.29) is 0 Å². The van der Waals surface area contributed by atoms with Crippen LogP contribution in [-0.2, 0) is 0 Å². The summed E-state index contributed by atoms with van der Waals surface area (Å²) in [5, 5.41) is 6.70. The van der Waals surface area contributed by atoms with Crippen LogP contribution in [0.1, 0.15) is 0 Å². The summed E-state index contributed by atoms with van der Waals surface area (Å²) in [4.78, 5) is 15.1. The molecule has 0 N–H and O–H groups in total. The average molecular weight is 672 g/mol. The van der Waals surface area contributed by atoms with Crippen molar-refractivity contribution in [2.75, 3.05) is 0 Å². The molecule has 0 radical (unpaired) electrons. The van der Waals surface area contributed by atoms with Crippen molar-refractivity contribution in [1.82, 2.24) is 15.0 Å². The summed E-state index contributed by atoms with van der Waals surface area (Å²) in [5.74, 6) is 1.94. The Morgan fingerprint density at radius 2 is 0.922 bits per heavy atom. The highest BCUT2D eigenvalue weighted by Crippen LogP contribution is 2.41. The molecule has 0 spiro atoms. The maximum absolute atomic E-state index is 6.32. The zero-order valence-electron chi connectivity index (χ0n) is 27.0. The van der Waals surface area contributed by atoms with Crippen LogP contribution in [0.5, 0.6) is 0 Å². The van der Waals surface area contributed by atoms with E-state index in [0.717, 1.165) is 71.7 Å². The molecule has 51 heavy (non-hydrogen) atoms. The number of hydrogen-bond acceptors (Lipinski definition) is 6. The predicted octanol–water partition coefficient (Wildman–Crippen LogP) is 12.7. The first-order chi connectivity index (χ1) is 25.2. The Hall–Kier alpha value is -6.63. The molecule has 6 heteroatoms. The van der Waals surface area contributed by atoms with Gasteiger partial charge in [-0.15, -0.1) is 11.3 Å². The predicted molar refractivity (Wildman–Crippen MR) is 209 cm³/mol. The molecular weight excluding hydrogens is 647 g/mol. The largest absolute Gasteiger partial charge is 0.456 e. The van der Waals surface area contributed by atoms with Crippen LogP contribution in [0.2, 0.25) is 0 Å². The molecule has 4 heterocycles. The fourth-order valence-corrected chi connectivity index (χ4v) is 8.46. The summed E-state index contributed by atoms with van der Waals surface area (Å²) in [6.45, 7) is 0. The summed E-state index contributed by atoms with van der Waals surface area (Å²) in [6, 6.07) is 52.2. The number of fused-ring (bicyclic) bond motifs is 9. The van der Waals surface area contributed by atoms with E-state index in [2.05, 4.69) is 103 Å². The first-order valence-electron chi connectivity index (χ1n) is 16.8.